The van der Waals surface area contributed by atoms with E-state index in [0.717, 1.165) is 18.0 Å². The Labute approximate surface area is 147 Å². The van der Waals surface area contributed by atoms with Crippen LogP contribution in [0.5, 0.6) is 0 Å². The van der Waals surface area contributed by atoms with Crippen LogP contribution in [0.2, 0.25) is 0 Å². The number of esters is 2. The maximum absolute atomic E-state index is 12.3. The molecule has 1 aliphatic rings. The molecule has 1 aromatic carbocycles. The second kappa shape index (κ2) is 9.17. The first-order valence-electron chi connectivity index (χ1n) is 8.52. The van der Waals surface area contributed by atoms with Gasteiger partial charge in [-0.1, -0.05) is 12.1 Å². The van der Waals surface area contributed by atoms with Crippen molar-refractivity contribution in [1.29, 1.82) is 0 Å². The highest BCUT2D eigenvalue weighted by atomic mass is 16.5. The molecule has 1 heterocycles. The van der Waals surface area contributed by atoms with Crippen LogP contribution in [0.1, 0.15) is 30.1 Å². The van der Waals surface area contributed by atoms with Crippen LogP contribution < -0.4 is 10.2 Å². The smallest absolute Gasteiger partial charge is 0.340 e. The Morgan fingerprint density at radius 3 is 2.52 bits per heavy atom. The van der Waals surface area contributed by atoms with E-state index in [1.807, 2.05) is 0 Å². The van der Waals surface area contributed by atoms with Crippen molar-refractivity contribution in [3.8, 4) is 0 Å². The maximum atomic E-state index is 12.3. The number of methoxy groups -OCH3 is 1. The lowest BCUT2D eigenvalue weighted by molar-refractivity contribution is -0.897. The SMILES string of the molecule is CCOC(=O)c1ccccc1NC(=O)C[NH+]1CCC(C(=O)OC)CC1. The second-order valence-electron chi connectivity index (χ2n) is 6.04. The van der Waals surface area contributed by atoms with Gasteiger partial charge >= 0.3 is 11.9 Å². The molecule has 1 aliphatic heterocycles. The summed E-state index contributed by atoms with van der Waals surface area (Å²) in [7, 11) is 1.40. The Hall–Kier alpha value is -2.41. The number of carbonyl (C=O) groups excluding carboxylic acids is 3. The number of nitrogens with one attached hydrogen (secondary N) is 2. The Morgan fingerprint density at radius 2 is 1.88 bits per heavy atom. The van der Waals surface area contributed by atoms with Crippen LogP contribution in [0.4, 0.5) is 5.69 Å². The molecule has 0 spiro atoms. The van der Waals surface area contributed by atoms with Crippen molar-refractivity contribution in [2.24, 2.45) is 5.92 Å². The molecule has 1 aromatic rings. The molecule has 1 saturated heterocycles. The molecule has 0 aliphatic carbocycles. The summed E-state index contributed by atoms with van der Waals surface area (Å²) in [5, 5.41) is 2.79. The number of likely N-dealkylation sites (tertiary alicyclic amines) is 1. The van der Waals surface area contributed by atoms with Crippen LogP contribution in [-0.2, 0) is 19.1 Å². The number of carbonyl (C=O) groups is 3. The normalized spacial score (nSPS) is 19.8. The van der Waals surface area contributed by atoms with Crippen molar-refractivity contribution < 1.29 is 28.8 Å². The van der Waals surface area contributed by atoms with E-state index in [1.54, 1.807) is 31.2 Å². The molecule has 0 radical (unpaired) electrons. The fourth-order valence-electron chi connectivity index (χ4n) is 3.01. The van der Waals surface area contributed by atoms with Crippen LogP contribution in [-0.4, -0.2) is 51.2 Å². The number of ether oxygens (including phenoxy) is 2. The Bertz CT molecular complexity index is 624. The van der Waals surface area contributed by atoms with Crippen molar-refractivity contribution in [2.75, 3.05) is 38.7 Å². The molecular formula is C18H25N2O5+. The fourth-order valence-corrected chi connectivity index (χ4v) is 3.01. The van der Waals surface area contributed by atoms with Gasteiger partial charge in [0.15, 0.2) is 6.54 Å². The molecule has 0 unspecified atom stereocenters. The molecule has 136 valence electrons. The van der Waals surface area contributed by atoms with Gasteiger partial charge in [0, 0.05) is 12.8 Å². The van der Waals surface area contributed by atoms with E-state index in [2.05, 4.69) is 5.32 Å². The van der Waals surface area contributed by atoms with Crippen molar-refractivity contribution >= 4 is 23.5 Å². The van der Waals surface area contributed by atoms with Gasteiger partial charge in [-0.05, 0) is 19.1 Å². The van der Waals surface area contributed by atoms with Crippen molar-refractivity contribution in [1.82, 2.24) is 0 Å². The third kappa shape index (κ3) is 5.29. The lowest BCUT2D eigenvalue weighted by Crippen LogP contribution is -3.14. The number of piperidine rings is 1. The first kappa shape index (κ1) is 18.9. The average molecular weight is 349 g/mol. The minimum absolute atomic E-state index is 0.0682. The molecule has 2 N–H and O–H groups in total. The summed E-state index contributed by atoms with van der Waals surface area (Å²) in [5.74, 6) is -0.860. The molecule has 1 fully saturated rings. The number of benzene rings is 1. The van der Waals surface area contributed by atoms with Gasteiger partial charge < -0.3 is 19.7 Å². The molecule has 2 rings (SSSR count). The van der Waals surface area contributed by atoms with Crippen LogP contribution in [0.15, 0.2) is 24.3 Å². The summed E-state index contributed by atoms with van der Waals surface area (Å²) in [6, 6.07) is 6.79. The molecule has 0 bridgehead atoms. The number of hydrogen-bond donors (Lipinski definition) is 2. The summed E-state index contributed by atoms with van der Waals surface area (Å²) in [6.45, 7) is 3.80. The zero-order valence-electron chi connectivity index (χ0n) is 14.7. The van der Waals surface area contributed by atoms with E-state index in [4.69, 9.17) is 9.47 Å². The van der Waals surface area contributed by atoms with Crippen LogP contribution in [0.25, 0.3) is 0 Å². The van der Waals surface area contributed by atoms with Crippen molar-refractivity contribution in [2.45, 2.75) is 19.8 Å². The number of amides is 1. The van der Waals surface area contributed by atoms with Gasteiger partial charge in [-0.25, -0.2) is 4.79 Å². The lowest BCUT2D eigenvalue weighted by atomic mass is 9.97. The third-order valence-electron chi connectivity index (χ3n) is 4.33. The molecule has 1 amide bonds. The number of anilines is 1. The van der Waals surface area contributed by atoms with Crippen LogP contribution >= 0.6 is 0 Å². The van der Waals surface area contributed by atoms with E-state index in [1.165, 1.54) is 7.11 Å². The van der Waals surface area contributed by atoms with Gasteiger partial charge in [0.2, 0.25) is 0 Å². The molecule has 0 aromatic heterocycles. The predicted octanol–water partition coefficient (Wildman–Crippen LogP) is 0.270. The highest BCUT2D eigenvalue weighted by Crippen LogP contribution is 2.16. The van der Waals surface area contributed by atoms with E-state index in [-0.39, 0.29) is 24.4 Å². The van der Waals surface area contributed by atoms with Gasteiger partial charge in [0.05, 0.1) is 44.0 Å². The van der Waals surface area contributed by atoms with Gasteiger partial charge in [-0.3, -0.25) is 9.59 Å². The number of hydrogen-bond acceptors (Lipinski definition) is 5. The van der Waals surface area contributed by atoms with E-state index in [0.29, 0.717) is 30.6 Å². The van der Waals surface area contributed by atoms with Gasteiger partial charge in [0.25, 0.3) is 5.91 Å². The van der Waals surface area contributed by atoms with Gasteiger partial charge in [-0.15, -0.1) is 0 Å². The summed E-state index contributed by atoms with van der Waals surface area (Å²) < 4.78 is 9.77. The highest BCUT2D eigenvalue weighted by molar-refractivity contribution is 6.01. The van der Waals surface area contributed by atoms with Crippen LogP contribution in [0.3, 0.4) is 0 Å². The van der Waals surface area contributed by atoms with Crippen LogP contribution in [0, 0.1) is 5.92 Å². The first-order valence-corrected chi connectivity index (χ1v) is 8.52. The molecule has 0 atom stereocenters. The highest BCUT2D eigenvalue weighted by Gasteiger charge is 2.29. The maximum Gasteiger partial charge on any atom is 0.340 e. The summed E-state index contributed by atoms with van der Waals surface area (Å²) in [4.78, 5) is 36.9. The number of para-hydroxylation sites is 1. The van der Waals surface area contributed by atoms with E-state index >= 15 is 0 Å². The Kier molecular flexibility index (Phi) is 6.94. The zero-order valence-corrected chi connectivity index (χ0v) is 14.7. The van der Waals surface area contributed by atoms with Crippen molar-refractivity contribution in [3.05, 3.63) is 29.8 Å². The van der Waals surface area contributed by atoms with Crippen molar-refractivity contribution in [3.63, 3.8) is 0 Å². The van der Waals surface area contributed by atoms with Gasteiger partial charge in [0.1, 0.15) is 0 Å². The molecule has 0 saturated carbocycles. The summed E-state index contributed by atoms with van der Waals surface area (Å²) >= 11 is 0. The summed E-state index contributed by atoms with van der Waals surface area (Å²) in [5.41, 5.74) is 0.798. The monoisotopic (exact) mass is 349 g/mol. The Balaban J connectivity index is 1.89. The third-order valence-corrected chi connectivity index (χ3v) is 4.33. The molecular weight excluding hydrogens is 324 g/mol. The number of quaternary nitrogens is 1. The standard InChI is InChI=1S/C18H24N2O5/c1-3-25-18(23)14-6-4-5-7-15(14)19-16(21)12-20-10-8-13(9-11-20)17(22)24-2/h4-7,13H,3,8-12H2,1-2H3,(H,19,21)/p+1. The molecule has 25 heavy (non-hydrogen) atoms. The quantitative estimate of drug-likeness (QED) is 0.720. The molecule has 7 heteroatoms. The lowest BCUT2D eigenvalue weighted by Gasteiger charge is -2.27. The molecule has 7 nitrogen and oxygen atoms in total. The minimum Gasteiger partial charge on any atom is -0.469 e. The van der Waals surface area contributed by atoms with E-state index in [9.17, 15) is 14.4 Å². The summed E-state index contributed by atoms with van der Waals surface area (Å²) in [6.07, 6.45) is 1.43. The average Bonchev–Trinajstić information content (AvgIpc) is 2.62. The van der Waals surface area contributed by atoms with E-state index < -0.39 is 5.97 Å². The topological polar surface area (TPSA) is 86.1 Å². The zero-order chi connectivity index (χ0) is 18.2. The minimum atomic E-state index is -0.454. The predicted molar refractivity (Wildman–Crippen MR) is 91.3 cm³/mol. The largest absolute Gasteiger partial charge is 0.469 e. The first-order chi connectivity index (χ1) is 12.0. The van der Waals surface area contributed by atoms with Gasteiger partial charge in [-0.2, -0.15) is 0 Å². The Morgan fingerprint density at radius 1 is 1.20 bits per heavy atom. The fraction of sp³-hybridized carbons (Fsp3) is 0.500. The second-order valence-corrected chi connectivity index (χ2v) is 6.04. The number of rotatable bonds is 6.